The van der Waals surface area contributed by atoms with Crippen molar-refractivity contribution in [2.24, 2.45) is 10.7 Å². The maximum absolute atomic E-state index is 11.6. The molecule has 0 aliphatic carbocycles. The molecule has 0 aromatic heterocycles. The van der Waals surface area contributed by atoms with Crippen LogP contribution in [0.2, 0.25) is 0 Å². The number of carbonyl (C=O) groups is 1. The van der Waals surface area contributed by atoms with Crippen LogP contribution in [0.15, 0.2) is 53.5 Å². The minimum atomic E-state index is -0.0976. The molecule has 0 aliphatic rings. The summed E-state index contributed by atoms with van der Waals surface area (Å²) in [6.07, 6.45) is 0.700. The van der Waals surface area contributed by atoms with Gasteiger partial charge in [-0.1, -0.05) is 18.2 Å². The molecule has 0 unspecified atom stereocenters. The zero-order chi connectivity index (χ0) is 17.4. The molecule has 2 aromatic carbocycles. The average molecular weight is 454 g/mol. The lowest BCUT2D eigenvalue weighted by Gasteiger charge is -2.07. The number of hydrogen-bond donors (Lipinski definition) is 3. The predicted octanol–water partition coefficient (Wildman–Crippen LogP) is 2.64. The predicted molar refractivity (Wildman–Crippen MR) is 112 cm³/mol. The van der Waals surface area contributed by atoms with Crippen LogP contribution in [0, 0.1) is 0 Å². The Morgan fingerprint density at radius 3 is 2.68 bits per heavy atom. The third-order valence-corrected chi connectivity index (χ3v) is 3.44. The Morgan fingerprint density at radius 2 is 1.96 bits per heavy atom. The Labute approximate surface area is 164 Å². The molecule has 0 fully saturated rings. The van der Waals surface area contributed by atoms with Gasteiger partial charge < -0.3 is 21.1 Å². The van der Waals surface area contributed by atoms with Crippen molar-refractivity contribution in [1.29, 1.82) is 0 Å². The van der Waals surface area contributed by atoms with Crippen molar-refractivity contribution in [3.8, 4) is 5.75 Å². The third-order valence-electron chi connectivity index (χ3n) is 3.44. The summed E-state index contributed by atoms with van der Waals surface area (Å²) in [6, 6.07) is 14.9. The fraction of sp³-hybridized carbons (Fsp3) is 0.222. The van der Waals surface area contributed by atoms with Gasteiger partial charge in [-0.2, -0.15) is 0 Å². The first-order valence-electron chi connectivity index (χ1n) is 7.64. The van der Waals surface area contributed by atoms with Gasteiger partial charge in [0, 0.05) is 30.9 Å². The van der Waals surface area contributed by atoms with Crippen LogP contribution < -0.4 is 21.1 Å². The maximum atomic E-state index is 11.6. The molecule has 0 radical (unpaired) electrons. The Kier molecular flexibility index (Phi) is 8.76. The largest absolute Gasteiger partial charge is 0.497 e. The van der Waals surface area contributed by atoms with E-state index >= 15 is 0 Å². The van der Waals surface area contributed by atoms with Crippen molar-refractivity contribution in [1.82, 2.24) is 5.32 Å². The first-order valence-corrected chi connectivity index (χ1v) is 7.64. The number of methoxy groups -OCH3 is 1. The Balaban J connectivity index is 0.00000312. The highest BCUT2D eigenvalue weighted by molar-refractivity contribution is 14.0. The van der Waals surface area contributed by atoms with Gasteiger partial charge in [-0.05, 0) is 36.2 Å². The first kappa shape index (κ1) is 20.8. The fourth-order valence-electron chi connectivity index (χ4n) is 2.21. The highest BCUT2D eigenvalue weighted by Gasteiger charge is 2.03. The lowest BCUT2D eigenvalue weighted by Crippen LogP contribution is -2.23. The molecule has 6 nitrogen and oxygen atoms in total. The van der Waals surface area contributed by atoms with E-state index in [4.69, 9.17) is 10.5 Å². The zero-order valence-corrected chi connectivity index (χ0v) is 16.6. The second-order valence-corrected chi connectivity index (χ2v) is 5.15. The number of nitrogens with zero attached hydrogens (tertiary/aromatic N) is 1. The number of aliphatic imine (C=N–C) groups is 1. The highest BCUT2D eigenvalue weighted by Crippen LogP contribution is 2.16. The summed E-state index contributed by atoms with van der Waals surface area (Å²) < 4.78 is 5.16. The van der Waals surface area contributed by atoms with Crippen molar-refractivity contribution in [2.45, 2.75) is 6.42 Å². The molecule has 25 heavy (non-hydrogen) atoms. The lowest BCUT2D eigenvalue weighted by atomic mass is 10.1. The molecule has 7 heteroatoms. The molecular formula is C18H23IN4O2. The van der Waals surface area contributed by atoms with E-state index in [1.165, 1.54) is 0 Å². The first-order chi connectivity index (χ1) is 11.6. The summed E-state index contributed by atoms with van der Waals surface area (Å²) in [5.74, 6) is 0.990. The number of benzene rings is 2. The number of rotatable bonds is 6. The molecular weight excluding hydrogens is 431 g/mol. The molecule has 0 heterocycles. The number of guanidine groups is 1. The minimum Gasteiger partial charge on any atom is -0.497 e. The van der Waals surface area contributed by atoms with E-state index in [0.717, 1.165) is 17.0 Å². The summed E-state index contributed by atoms with van der Waals surface area (Å²) in [7, 11) is 3.23. The van der Waals surface area contributed by atoms with Crippen LogP contribution in [0.5, 0.6) is 5.75 Å². The topological polar surface area (TPSA) is 88.7 Å². The van der Waals surface area contributed by atoms with Crippen molar-refractivity contribution in [2.75, 3.05) is 26.0 Å². The van der Waals surface area contributed by atoms with E-state index in [9.17, 15) is 4.79 Å². The van der Waals surface area contributed by atoms with E-state index in [2.05, 4.69) is 15.6 Å². The number of hydrogen-bond acceptors (Lipinski definition) is 3. The van der Waals surface area contributed by atoms with Crippen molar-refractivity contribution >= 4 is 41.5 Å². The van der Waals surface area contributed by atoms with Crippen LogP contribution in [0.3, 0.4) is 0 Å². The molecule has 0 aliphatic heterocycles. The number of halogens is 1. The van der Waals surface area contributed by atoms with Crippen LogP contribution in [-0.4, -0.2) is 32.6 Å². The lowest BCUT2D eigenvalue weighted by molar-refractivity contribution is 0.0963. The Hall–Kier alpha value is -2.29. The van der Waals surface area contributed by atoms with Crippen LogP contribution >= 0.6 is 24.0 Å². The molecule has 0 bridgehead atoms. The van der Waals surface area contributed by atoms with Gasteiger partial charge in [0.2, 0.25) is 0 Å². The second kappa shape index (κ2) is 10.5. The third kappa shape index (κ3) is 6.61. The standard InChI is InChI=1S/C18H22N4O2.HI/c1-20-17(23)14-6-3-5-13(11-14)9-10-21-18(19)22-15-7-4-8-16(12-15)24-2;/h3-8,11-12H,9-10H2,1-2H3,(H,20,23)(H3,19,21,22);1H. The van der Waals surface area contributed by atoms with E-state index in [-0.39, 0.29) is 29.9 Å². The molecule has 1 amide bonds. The van der Waals surface area contributed by atoms with Gasteiger partial charge in [-0.15, -0.1) is 24.0 Å². The fourth-order valence-corrected chi connectivity index (χ4v) is 2.21. The maximum Gasteiger partial charge on any atom is 0.251 e. The van der Waals surface area contributed by atoms with Gasteiger partial charge in [-0.25, -0.2) is 0 Å². The summed E-state index contributed by atoms with van der Waals surface area (Å²) in [5, 5.41) is 5.64. The number of carbonyl (C=O) groups excluding carboxylic acids is 1. The van der Waals surface area contributed by atoms with E-state index in [1.54, 1.807) is 20.2 Å². The molecule has 2 rings (SSSR count). The number of anilines is 1. The second-order valence-electron chi connectivity index (χ2n) is 5.15. The Morgan fingerprint density at radius 1 is 1.20 bits per heavy atom. The molecule has 0 saturated carbocycles. The van der Waals surface area contributed by atoms with Crippen molar-refractivity contribution < 1.29 is 9.53 Å². The average Bonchev–Trinajstić information content (AvgIpc) is 2.61. The van der Waals surface area contributed by atoms with Gasteiger partial charge in [0.15, 0.2) is 5.96 Å². The molecule has 4 N–H and O–H groups in total. The summed E-state index contributed by atoms with van der Waals surface area (Å²) >= 11 is 0. The van der Waals surface area contributed by atoms with E-state index in [0.29, 0.717) is 24.5 Å². The summed E-state index contributed by atoms with van der Waals surface area (Å²) in [6.45, 7) is 0.528. The molecule has 0 spiro atoms. The van der Waals surface area contributed by atoms with Crippen LogP contribution in [0.1, 0.15) is 15.9 Å². The SMILES string of the molecule is CNC(=O)c1cccc(CCN=C(N)Nc2cccc(OC)c2)c1.I. The van der Waals surface area contributed by atoms with Gasteiger partial charge >= 0.3 is 0 Å². The quantitative estimate of drug-likeness (QED) is 0.356. The number of amides is 1. The van der Waals surface area contributed by atoms with Crippen LogP contribution in [-0.2, 0) is 6.42 Å². The number of ether oxygens (including phenoxy) is 1. The number of nitrogens with one attached hydrogen (secondary N) is 2. The minimum absolute atomic E-state index is 0. The normalized spacial score (nSPS) is 10.6. The molecule has 2 aromatic rings. The number of nitrogens with two attached hydrogens (primary N) is 1. The smallest absolute Gasteiger partial charge is 0.251 e. The molecule has 134 valence electrons. The van der Waals surface area contributed by atoms with Gasteiger partial charge in [0.25, 0.3) is 5.91 Å². The highest BCUT2D eigenvalue weighted by atomic mass is 127. The molecule has 0 saturated heterocycles. The molecule has 0 atom stereocenters. The monoisotopic (exact) mass is 454 g/mol. The Bertz CT molecular complexity index is 735. The summed E-state index contributed by atoms with van der Waals surface area (Å²) in [4.78, 5) is 15.9. The van der Waals surface area contributed by atoms with Crippen molar-refractivity contribution in [3.05, 3.63) is 59.7 Å². The van der Waals surface area contributed by atoms with E-state index in [1.807, 2.05) is 42.5 Å². The summed E-state index contributed by atoms with van der Waals surface area (Å²) in [5.41, 5.74) is 8.39. The zero-order valence-electron chi connectivity index (χ0n) is 14.3. The van der Waals surface area contributed by atoms with Crippen LogP contribution in [0.4, 0.5) is 5.69 Å². The van der Waals surface area contributed by atoms with Crippen molar-refractivity contribution in [3.63, 3.8) is 0 Å². The van der Waals surface area contributed by atoms with Gasteiger partial charge in [-0.3, -0.25) is 9.79 Å². The van der Waals surface area contributed by atoms with E-state index < -0.39 is 0 Å². The van der Waals surface area contributed by atoms with Gasteiger partial charge in [0.1, 0.15) is 5.75 Å². The van der Waals surface area contributed by atoms with Gasteiger partial charge in [0.05, 0.1) is 7.11 Å². The van der Waals surface area contributed by atoms with Crippen LogP contribution in [0.25, 0.3) is 0 Å².